The summed E-state index contributed by atoms with van der Waals surface area (Å²) in [5, 5.41) is 19.4. The minimum Gasteiger partial charge on any atom is -0.393 e. The molecule has 0 aliphatic rings. The number of hydrogen-bond acceptors (Lipinski definition) is 2. The normalized spacial score (nSPS) is 15.1. The summed E-state index contributed by atoms with van der Waals surface area (Å²) in [7, 11) is 0. The first-order valence-corrected chi connectivity index (χ1v) is 10.4. The summed E-state index contributed by atoms with van der Waals surface area (Å²) < 4.78 is 25.9. The summed E-state index contributed by atoms with van der Waals surface area (Å²) in [5.74, 6) is -0.169. The minimum absolute atomic E-state index is 0.0746. The average molecular weight is 419 g/mol. The number of aryl methyl sites for hydroxylation is 2. The Morgan fingerprint density at radius 1 is 0.800 bits per heavy atom. The molecule has 2 rings (SSSR count). The van der Waals surface area contributed by atoms with E-state index in [1.807, 2.05) is 20.8 Å². The first kappa shape index (κ1) is 26.0. The lowest BCUT2D eigenvalue weighted by molar-refractivity contribution is 0.140. The van der Waals surface area contributed by atoms with E-state index in [0.29, 0.717) is 5.92 Å². The molecule has 166 valence electrons. The molecule has 2 aromatic carbocycles. The Balaban J connectivity index is 0.000000300. The molecule has 0 saturated carbocycles. The number of rotatable bonds is 6. The molecule has 0 amide bonds. The van der Waals surface area contributed by atoms with E-state index in [4.69, 9.17) is 0 Å². The highest BCUT2D eigenvalue weighted by atomic mass is 19.1. The zero-order valence-electron chi connectivity index (χ0n) is 19.2. The van der Waals surface area contributed by atoms with Gasteiger partial charge in [-0.1, -0.05) is 38.1 Å². The van der Waals surface area contributed by atoms with Crippen molar-refractivity contribution in [2.45, 2.75) is 72.5 Å². The quantitative estimate of drug-likeness (QED) is 0.531. The van der Waals surface area contributed by atoms with E-state index in [2.05, 4.69) is 20.4 Å². The van der Waals surface area contributed by atoms with Gasteiger partial charge >= 0.3 is 0 Å². The molecule has 0 bridgehead atoms. The summed E-state index contributed by atoms with van der Waals surface area (Å²) >= 11 is 0. The van der Waals surface area contributed by atoms with Crippen LogP contribution >= 0.6 is 0 Å². The van der Waals surface area contributed by atoms with Crippen molar-refractivity contribution in [1.29, 1.82) is 0 Å². The molecule has 0 saturated heterocycles. The van der Waals surface area contributed by atoms with E-state index in [-0.39, 0.29) is 23.5 Å². The lowest BCUT2D eigenvalue weighted by Gasteiger charge is -2.25. The van der Waals surface area contributed by atoms with E-state index in [9.17, 15) is 19.0 Å². The Morgan fingerprint density at radius 3 is 1.53 bits per heavy atom. The minimum atomic E-state index is -0.508. The summed E-state index contributed by atoms with van der Waals surface area (Å²) in [6.07, 6.45) is -0.916. The fourth-order valence-electron chi connectivity index (χ4n) is 4.11. The molecular formula is C26H36F2O2. The third-order valence-electron chi connectivity index (χ3n) is 5.41. The van der Waals surface area contributed by atoms with Crippen molar-refractivity contribution >= 4 is 0 Å². The topological polar surface area (TPSA) is 40.5 Å². The van der Waals surface area contributed by atoms with Crippen LogP contribution in [0.15, 0.2) is 48.6 Å². The zero-order valence-corrected chi connectivity index (χ0v) is 19.2. The molecule has 0 heterocycles. The van der Waals surface area contributed by atoms with Gasteiger partial charge in [0, 0.05) is 11.8 Å². The first-order valence-electron chi connectivity index (χ1n) is 10.4. The Bertz CT molecular complexity index is 833. The fourth-order valence-corrected chi connectivity index (χ4v) is 4.11. The van der Waals surface area contributed by atoms with Crippen molar-refractivity contribution < 1.29 is 19.0 Å². The largest absolute Gasteiger partial charge is 0.393 e. The first-order chi connectivity index (χ1) is 13.9. The van der Waals surface area contributed by atoms with Crippen molar-refractivity contribution in [2.75, 3.05) is 0 Å². The number of hydrogen-bond donors (Lipinski definition) is 2. The van der Waals surface area contributed by atoms with Crippen molar-refractivity contribution in [3.05, 3.63) is 82.4 Å². The molecule has 2 nitrogen and oxygen atoms in total. The van der Waals surface area contributed by atoms with Crippen LogP contribution in [0.5, 0.6) is 0 Å². The Morgan fingerprint density at radius 2 is 1.23 bits per heavy atom. The fraction of sp³-hybridized carbons (Fsp3) is 0.462. The molecule has 0 radical (unpaired) electrons. The Kier molecular flexibility index (Phi) is 9.86. The van der Waals surface area contributed by atoms with Crippen LogP contribution in [0.3, 0.4) is 0 Å². The molecule has 0 fully saturated rings. The molecule has 2 N–H and O–H groups in total. The van der Waals surface area contributed by atoms with Crippen molar-refractivity contribution in [3.63, 3.8) is 0 Å². The molecular weight excluding hydrogens is 382 g/mol. The third-order valence-corrected chi connectivity index (χ3v) is 5.41. The van der Waals surface area contributed by atoms with Gasteiger partial charge in [0.05, 0.1) is 12.2 Å². The highest BCUT2D eigenvalue weighted by Gasteiger charge is 2.22. The average Bonchev–Trinajstić information content (AvgIpc) is 2.59. The SMILES string of the molecule is C=C(C)[C@@H](c1ccc(F)cc1C)[C@@H](C)O.Cc1cc(F)ccc1[C@H](C(C)C)[C@@H](C)O. The number of halogens is 2. The molecule has 0 unspecified atom stereocenters. The molecule has 2 aromatic rings. The second-order valence-electron chi connectivity index (χ2n) is 8.58. The highest BCUT2D eigenvalue weighted by molar-refractivity contribution is 5.35. The van der Waals surface area contributed by atoms with E-state index >= 15 is 0 Å². The lowest BCUT2D eigenvalue weighted by atomic mass is 9.82. The van der Waals surface area contributed by atoms with Gasteiger partial charge in [0.2, 0.25) is 0 Å². The summed E-state index contributed by atoms with van der Waals surface area (Å²) in [6.45, 7) is 17.1. The van der Waals surface area contributed by atoms with Crippen LogP contribution in [-0.2, 0) is 0 Å². The zero-order chi connectivity index (χ0) is 23.2. The van der Waals surface area contributed by atoms with Crippen LogP contribution in [0.25, 0.3) is 0 Å². The van der Waals surface area contributed by atoms with E-state index < -0.39 is 12.2 Å². The van der Waals surface area contributed by atoms with Gasteiger partial charge in [0.25, 0.3) is 0 Å². The summed E-state index contributed by atoms with van der Waals surface area (Å²) in [6, 6.07) is 9.38. The van der Waals surface area contributed by atoms with Gasteiger partial charge in [-0.25, -0.2) is 8.78 Å². The molecule has 0 aliphatic heterocycles. The van der Waals surface area contributed by atoms with Gasteiger partial charge in [-0.2, -0.15) is 0 Å². The van der Waals surface area contributed by atoms with E-state index in [1.165, 1.54) is 24.3 Å². The standard InChI is InChI=1S/C13H19FO.C13H17FO/c2*1-8(2)13(10(4)15)12-6-5-11(14)7-9(12)3/h5-8,10,13,15H,1-4H3;5-7,10,13,15H,1H2,2-4H3/t2*10-,13-/m11/s1. The van der Waals surface area contributed by atoms with Crippen LogP contribution in [0.4, 0.5) is 8.78 Å². The van der Waals surface area contributed by atoms with Gasteiger partial charge in [0.1, 0.15) is 11.6 Å². The van der Waals surface area contributed by atoms with Crippen LogP contribution < -0.4 is 0 Å². The van der Waals surface area contributed by atoms with Crippen LogP contribution in [0.2, 0.25) is 0 Å². The van der Waals surface area contributed by atoms with E-state index in [0.717, 1.165) is 27.8 Å². The molecule has 0 aromatic heterocycles. The predicted molar refractivity (Wildman–Crippen MR) is 121 cm³/mol. The van der Waals surface area contributed by atoms with Crippen LogP contribution in [0.1, 0.15) is 68.7 Å². The van der Waals surface area contributed by atoms with E-state index in [1.54, 1.807) is 26.0 Å². The predicted octanol–water partition coefficient (Wildman–Crippen LogP) is 6.43. The Hall–Kier alpha value is -2.04. The second kappa shape index (κ2) is 11.4. The third kappa shape index (κ3) is 7.03. The molecule has 0 spiro atoms. The number of aliphatic hydroxyl groups excluding tert-OH is 2. The number of benzene rings is 2. The van der Waals surface area contributed by atoms with Gasteiger partial charge in [-0.3, -0.25) is 0 Å². The van der Waals surface area contributed by atoms with Gasteiger partial charge in [-0.05, 0) is 87.1 Å². The molecule has 4 atom stereocenters. The monoisotopic (exact) mass is 418 g/mol. The lowest BCUT2D eigenvalue weighted by Crippen LogP contribution is -2.21. The van der Waals surface area contributed by atoms with Crippen molar-refractivity contribution in [2.24, 2.45) is 5.92 Å². The summed E-state index contributed by atoms with van der Waals surface area (Å²) in [4.78, 5) is 0. The number of aliphatic hydroxyl groups is 2. The van der Waals surface area contributed by atoms with Crippen molar-refractivity contribution in [1.82, 2.24) is 0 Å². The second-order valence-corrected chi connectivity index (χ2v) is 8.58. The van der Waals surface area contributed by atoms with Gasteiger partial charge in [0.15, 0.2) is 0 Å². The maximum atomic E-state index is 13.0. The maximum Gasteiger partial charge on any atom is 0.123 e. The van der Waals surface area contributed by atoms with Crippen LogP contribution in [-0.4, -0.2) is 22.4 Å². The smallest absolute Gasteiger partial charge is 0.123 e. The maximum absolute atomic E-state index is 13.0. The highest BCUT2D eigenvalue weighted by Crippen LogP contribution is 2.31. The summed E-state index contributed by atoms with van der Waals surface area (Å²) in [5.41, 5.74) is 4.64. The molecule has 30 heavy (non-hydrogen) atoms. The van der Waals surface area contributed by atoms with Crippen molar-refractivity contribution in [3.8, 4) is 0 Å². The van der Waals surface area contributed by atoms with Crippen LogP contribution in [0, 0.1) is 31.4 Å². The molecule has 4 heteroatoms. The van der Waals surface area contributed by atoms with Gasteiger partial charge < -0.3 is 10.2 Å². The molecule has 0 aliphatic carbocycles. The van der Waals surface area contributed by atoms with Gasteiger partial charge in [-0.15, -0.1) is 0 Å². The Labute approximate surface area is 180 Å².